The van der Waals surface area contributed by atoms with Gasteiger partial charge in [0.25, 0.3) is 0 Å². The van der Waals surface area contributed by atoms with Crippen LogP contribution < -0.4 is 10.5 Å². The van der Waals surface area contributed by atoms with Gasteiger partial charge in [-0.3, -0.25) is 4.79 Å². The van der Waals surface area contributed by atoms with E-state index in [-0.39, 0.29) is 5.75 Å². The van der Waals surface area contributed by atoms with Gasteiger partial charge in [-0.05, 0) is 28.8 Å². The molecule has 0 spiro atoms. The van der Waals surface area contributed by atoms with Crippen molar-refractivity contribution < 1.29 is 22.7 Å². The quantitative estimate of drug-likeness (QED) is 0.879. The number of amides is 1. The van der Waals surface area contributed by atoms with Crippen LogP contribution >= 0.6 is 0 Å². The van der Waals surface area contributed by atoms with E-state index in [1.807, 2.05) is 6.07 Å². The van der Waals surface area contributed by atoms with Crippen LogP contribution in [0.4, 0.5) is 13.2 Å². The lowest BCUT2D eigenvalue weighted by Gasteiger charge is -2.11. The van der Waals surface area contributed by atoms with Gasteiger partial charge in [0.1, 0.15) is 5.75 Å². The first-order valence-corrected chi connectivity index (χ1v) is 6.28. The van der Waals surface area contributed by atoms with Crippen LogP contribution in [0.3, 0.4) is 0 Å². The second-order valence-electron chi connectivity index (χ2n) is 4.40. The van der Waals surface area contributed by atoms with Crippen molar-refractivity contribution in [3.63, 3.8) is 0 Å². The molecule has 0 unspecified atom stereocenters. The largest absolute Gasteiger partial charge is 0.573 e. The predicted octanol–water partition coefficient (Wildman–Crippen LogP) is 3.50. The number of carbonyl (C=O) groups is 1. The van der Waals surface area contributed by atoms with Crippen LogP contribution in [0.5, 0.6) is 5.75 Å². The zero-order valence-corrected chi connectivity index (χ0v) is 11.3. The fraction of sp³-hybridized carbons (Fsp3) is 0.0625. The van der Waals surface area contributed by atoms with Crippen LogP contribution in [0, 0.1) is 0 Å². The molecule has 0 aliphatic rings. The summed E-state index contributed by atoms with van der Waals surface area (Å²) in [4.78, 5) is 11.2. The lowest BCUT2D eigenvalue weighted by molar-refractivity contribution is -0.274. The monoisotopic (exact) mass is 307 g/mol. The number of hydrogen-bond donors (Lipinski definition) is 1. The van der Waals surface area contributed by atoms with Crippen LogP contribution in [0.25, 0.3) is 5.57 Å². The molecule has 2 aromatic rings. The SMILES string of the molecule is NC(=O)C=C(c1ccccc1)c1ccc(OC(F)(F)F)cc1. The van der Waals surface area contributed by atoms with Crippen LogP contribution in [-0.2, 0) is 4.79 Å². The van der Waals surface area contributed by atoms with Gasteiger partial charge in [-0.25, -0.2) is 0 Å². The van der Waals surface area contributed by atoms with E-state index < -0.39 is 12.3 Å². The van der Waals surface area contributed by atoms with Crippen molar-refractivity contribution in [2.75, 3.05) is 0 Å². The van der Waals surface area contributed by atoms with Gasteiger partial charge in [0.2, 0.25) is 5.91 Å². The first-order chi connectivity index (χ1) is 10.3. The van der Waals surface area contributed by atoms with Crippen molar-refractivity contribution in [2.45, 2.75) is 6.36 Å². The van der Waals surface area contributed by atoms with E-state index in [0.717, 1.165) is 5.56 Å². The molecule has 0 heterocycles. The Morgan fingerprint density at radius 3 is 2.00 bits per heavy atom. The highest BCUT2D eigenvalue weighted by Gasteiger charge is 2.30. The summed E-state index contributed by atoms with van der Waals surface area (Å²) in [7, 11) is 0. The molecule has 0 saturated heterocycles. The Morgan fingerprint density at radius 1 is 0.955 bits per heavy atom. The summed E-state index contributed by atoms with van der Waals surface area (Å²) in [5.41, 5.74) is 7.00. The zero-order chi connectivity index (χ0) is 16.2. The fourth-order valence-electron chi connectivity index (χ4n) is 1.93. The van der Waals surface area contributed by atoms with E-state index in [2.05, 4.69) is 4.74 Å². The third-order valence-corrected chi connectivity index (χ3v) is 2.77. The van der Waals surface area contributed by atoms with Gasteiger partial charge in [0.05, 0.1) is 0 Å². The Hall–Kier alpha value is -2.76. The number of carbonyl (C=O) groups excluding carboxylic acids is 1. The number of hydrogen-bond acceptors (Lipinski definition) is 2. The minimum atomic E-state index is -4.74. The van der Waals surface area contributed by atoms with Gasteiger partial charge in [-0.1, -0.05) is 42.5 Å². The number of ether oxygens (including phenoxy) is 1. The molecule has 0 aromatic heterocycles. The van der Waals surface area contributed by atoms with Crippen LogP contribution in [-0.4, -0.2) is 12.3 Å². The summed E-state index contributed by atoms with van der Waals surface area (Å²) in [6, 6.07) is 14.2. The summed E-state index contributed by atoms with van der Waals surface area (Å²) < 4.78 is 40.2. The lowest BCUT2D eigenvalue weighted by Crippen LogP contribution is -2.17. The first-order valence-electron chi connectivity index (χ1n) is 6.28. The molecule has 114 valence electrons. The molecule has 0 bridgehead atoms. The van der Waals surface area contributed by atoms with Gasteiger partial charge in [-0.15, -0.1) is 13.2 Å². The minimum Gasteiger partial charge on any atom is -0.406 e. The van der Waals surface area contributed by atoms with Gasteiger partial charge in [-0.2, -0.15) is 0 Å². The summed E-state index contributed by atoms with van der Waals surface area (Å²) >= 11 is 0. The molecule has 2 aromatic carbocycles. The predicted molar refractivity (Wildman–Crippen MR) is 75.8 cm³/mol. The van der Waals surface area contributed by atoms with Crippen molar-refractivity contribution in [1.82, 2.24) is 0 Å². The second kappa shape index (κ2) is 6.34. The van der Waals surface area contributed by atoms with E-state index in [0.29, 0.717) is 11.1 Å². The number of halogens is 3. The molecule has 0 saturated carbocycles. The normalized spacial score (nSPS) is 12.0. The van der Waals surface area contributed by atoms with E-state index in [1.165, 1.54) is 30.3 Å². The molecule has 6 heteroatoms. The number of benzene rings is 2. The molecule has 22 heavy (non-hydrogen) atoms. The Balaban J connectivity index is 2.36. The van der Waals surface area contributed by atoms with Crippen molar-refractivity contribution in [3.8, 4) is 5.75 Å². The number of nitrogens with two attached hydrogens (primary N) is 1. The Kier molecular flexibility index (Phi) is 4.50. The average molecular weight is 307 g/mol. The molecular weight excluding hydrogens is 295 g/mol. The molecular formula is C16H12F3NO2. The van der Waals surface area contributed by atoms with Gasteiger partial charge >= 0.3 is 6.36 Å². The van der Waals surface area contributed by atoms with Crippen molar-refractivity contribution in [1.29, 1.82) is 0 Å². The third kappa shape index (κ3) is 4.37. The first kappa shape index (κ1) is 15.6. The zero-order valence-electron chi connectivity index (χ0n) is 11.3. The second-order valence-corrected chi connectivity index (χ2v) is 4.40. The molecule has 3 nitrogen and oxygen atoms in total. The van der Waals surface area contributed by atoms with Crippen molar-refractivity contribution in [2.24, 2.45) is 5.73 Å². The minimum absolute atomic E-state index is 0.331. The third-order valence-electron chi connectivity index (χ3n) is 2.77. The molecule has 0 atom stereocenters. The lowest BCUT2D eigenvalue weighted by atomic mass is 9.97. The summed E-state index contributed by atoms with van der Waals surface area (Å²) in [6.45, 7) is 0. The van der Waals surface area contributed by atoms with Crippen molar-refractivity contribution >= 4 is 11.5 Å². The maximum Gasteiger partial charge on any atom is 0.573 e. The van der Waals surface area contributed by atoms with E-state index >= 15 is 0 Å². The standard InChI is InChI=1S/C16H12F3NO2/c17-16(18,19)22-13-8-6-12(7-9-13)14(10-15(20)21)11-4-2-1-3-5-11/h1-10H,(H2,20,21). The molecule has 0 fully saturated rings. The maximum atomic E-state index is 12.1. The van der Waals surface area contributed by atoms with Gasteiger partial charge < -0.3 is 10.5 Å². The number of primary amides is 1. The summed E-state index contributed by atoms with van der Waals surface area (Å²) in [5.74, 6) is -0.975. The molecule has 1 amide bonds. The van der Waals surface area contributed by atoms with E-state index in [9.17, 15) is 18.0 Å². The Bertz CT molecular complexity index is 677. The highest BCUT2D eigenvalue weighted by Crippen LogP contribution is 2.27. The summed E-state index contributed by atoms with van der Waals surface area (Å²) in [6.07, 6.45) is -3.51. The molecule has 2 N–H and O–H groups in total. The Morgan fingerprint density at radius 2 is 1.50 bits per heavy atom. The van der Waals surface area contributed by atoms with Crippen LogP contribution in [0.15, 0.2) is 60.7 Å². The summed E-state index contributed by atoms with van der Waals surface area (Å²) in [5, 5.41) is 0. The highest BCUT2D eigenvalue weighted by molar-refractivity contribution is 5.98. The molecule has 0 aliphatic heterocycles. The van der Waals surface area contributed by atoms with E-state index in [4.69, 9.17) is 5.73 Å². The van der Waals surface area contributed by atoms with Crippen molar-refractivity contribution in [3.05, 3.63) is 71.8 Å². The molecule has 0 radical (unpaired) electrons. The topological polar surface area (TPSA) is 52.3 Å². The van der Waals surface area contributed by atoms with Crippen LogP contribution in [0.2, 0.25) is 0 Å². The smallest absolute Gasteiger partial charge is 0.406 e. The number of rotatable bonds is 4. The Labute approximate surface area is 124 Å². The molecule has 2 rings (SSSR count). The molecule has 0 aliphatic carbocycles. The number of alkyl halides is 3. The van der Waals surface area contributed by atoms with Crippen LogP contribution in [0.1, 0.15) is 11.1 Å². The van der Waals surface area contributed by atoms with E-state index in [1.54, 1.807) is 24.3 Å². The highest BCUT2D eigenvalue weighted by atomic mass is 19.4. The average Bonchev–Trinajstić information content (AvgIpc) is 2.45. The van der Waals surface area contributed by atoms with Gasteiger partial charge in [0.15, 0.2) is 0 Å². The van der Waals surface area contributed by atoms with Gasteiger partial charge in [0, 0.05) is 6.08 Å². The fourth-order valence-corrected chi connectivity index (χ4v) is 1.93. The maximum absolute atomic E-state index is 12.1.